The van der Waals surface area contributed by atoms with Crippen molar-refractivity contribution in [1.82, 2.24) is 5.32 Å². The van der Waals surface area contributed by atoms with Gasteiger partial charge in [0.25, 0.3) is 5.91 Å². The van der Waals surface area contributed by atoms with Crippen molar-refractivity contribution in [2.45, 2.75) is 19.9 Å². The van der Waals surface area contributed by atoms with Gasteiger partial charge in [0.2, 0.25) is 0 Å². The smallest absolute Gasteiger partial charge is 0.253 e. The molecule has 1 aromatic carbocycles. The molecule has 0 aromatic heterocycles. The number of nitrogens with two attached hydrogens (primary N) is 1. The molecule has 0 spiro atoms. The average molecular weight is 304 g/mol. The number of nitrogens with one attached hydrogen (secondary N) is 1. The number of rotatable bonds is 4. The summed E-state index contributed by atoms with van der Waals surface area (Å²) >= 11 is 11.7. The second kappa shape index (κ2) is 6.63. The van der Waals surface area contributed by atoms with Gasteiger partial charge in [0.05, 0.1) is 16.6 Å². The Morgan fingerprint density at radius 2 is 2.05 bits per heavy atom. The van der Waals surface area contributed by atoms with Crippen LogP contribution in [0.2, 0.25) is 10.0 Å². The van der Waals surface area contributed by atoms with Gasteiger partial charge >= 0.3 is 0 Å². The Morgan fingerprint density at radius 1 is 1.42 bits per heavy atom. The molecule has 1 rings (SSSR count). The van der Waals surface area contributed by atoms with Crippen molar-refractivity contribution in [2.75, 3.05) is 0 Å². The van der Waals surface area contributed by atoms with Crippen LogP contribution in [-0.2, 0) is 0 Å². The van der Waals surface area contributed by atoms with E-state index >= 15 is 0 Å². The third-order valence-corrected chi connectivity index (χ3v) is 3.11. The minimum Gasteiger partial charge on any atom is -0.409 e. The first kappa shape index (κ1) is 15.6. The molecule has 7 heteroatoms. The van der Waals surface area contributed by atoms with E-state index in [-0.39, 0.29) is 22.3 Å². The lowest BCUT2D eigenvalue weighted by Gasteiger charge is -2.21. The van der Waals surface area contributed by atoms with Crippen LogP contribution < -0.4 is 11.1 Å². The summed E-state index contributed by atoms with van der Waals surface area (Å²) in [6.45, 7) is 3.68. The topological polar surface area (TPSA) is 87.7 Å². The van der Waals surface area contributed by atoms with Crippen molar-refractivity contribution >= 4 is 34.9 Å². The minimum absolute atomic E-state index is 0.0362. The summed E-state index contributed by atoms with van der Waals surface area (Å²) in [5, 5.41) is 15.0. The molecule has 1 unspecified atom stereocenters. The van der Waals surface area contributed by atoms with Gasteiger partial charge in [-0.3, -0.25) is 4.79 Å². The molecule has 1 amide bonds. The number of hydrogen-bond donors (Lipinski definition) is 3. The first-order valence-corrected chi connectivity index (χ1v) is 6.35. The molecule has 1 aromatic rings. The van der Waals surface area contributed by atoms with Gasteiger partial charge in [-0.25, -0.2) is 0 Å². The highest BCUT2D eigenvalue weighted by Crippen LogP contribution is 2.21. The van der Waals surface area contributed by atoms with Gasteiger partial charge in [0, 0.05) is 5.02 Å². The SMILES string of the molecule is CC(C)C(NC(=O)c1ccc(Cl)cc1Cl)C(N)=NO. The molecule has 0 aliphatic carbocycles. The van der Waals surface area contributed by atoms with Gasteiger partial charge in [-0.05, 0) is 24.1 Å². The fourth-order valence-corrected chi connectivity index (χ4v) is 2.03. The lowest BCUT2D eigenvalue weighted by molar-refractivity contribution is 0.0939. The number of benzene rings is 1. The number of carbonyl (C=O) groups excluding carboxylic acids is 1. The minimum atomic E-state index is -0.579. The zero-order valence-electron chi connectivity index (χ0n) is 10.5. The molecule has 0 heterocycles. The molecule has 1 atom stereocenters. The third-order valence-electron chi connectivity index (χ3n) is 2.56. The summed E-state index contributed by atoms with van der Waals surface area (Å²) in [4.78, 5) is 12.1. The van der Waals surface area contributed by atoms with Crippen LogP contribution in [0, 0.1) is 5.92 Å². The van der Waals surface area contributed by atoms with Crippen LogP contribution in [0.1, 0.15) is 24.2 Å². The van der Waals surface area contributed by atoms with Crippen LogP contribution in [0.25, 0.3) is 0 Å². The zero-order chi connectivity index (χ0) is 14.6. The van der Waals surface area contributed by atoms with Crippen LogP contribution in [0.3, 0.4) is 0 Å². The molecule has 0 aliphatic rings. The van der Waals surface area contributed by atoms with E-state index in [0.717, 1.165) is 0 Å². The van der Waals surface area contributed by atoms with E-state index in [1.165, 1.54) is 12.1 Å². The summed E-state index contributed by atoms with van der Waals surface area (Å²) in [5.74, 6) is -0.508. The fraction of sp³-hybridized carbons (Fsp3) is 0.333. The molecule has 0 fully saturated rings. The number of carbonyl (C=O) groups is 1. The van der Waals surface area contributed by atoms with E-state index in [9.17, 15) is 4.79 Å². The monoisotopic (exact) mass is 303 g/mol. The highest BCUT2D eigenvalue weighted by atomic mass is 35.5. The standard InChI is InChI=1S/C12H15Cl2N3O2/c1-6(2)10(11(15)17-19)16-12(18)8-4-3-7(13)5-9(8)14/h3-6,10,19H,1-2H3,(H2,15,17)(H,16,18). The number of halogens is 2. The van der Waals surface area contributed by atoms with Gasteiger partial charge < -0.3 is 16.3 Å². The molecule has 104 valence electrons. The zero-order valence-corrected chi connectivity index (χ0v) is 12.0. The van der Waals surface area contributed by atoms with E-state index in [4.69, 9.17) is 34.1 Å². The summed E-state index contributed by atoms with van der Waals surface area (Å²) in [6.07, 6.45) is 0. The Labute approximate surface area is 121 Å². The third kappa shape index (κ3) is 4.01. The van der Waals surface area contributed by atoms with E-state index in [1.807, 2.05) is 13.8 Å². The fourth-order valence-electron chi connectivity index (χ4n) is 1.54. The molecule has 0 saturated heterocycles. The van der Waals surface area contributed by atoms with Crippen molar-refractivity contribution < 1.29 is 10.0 Å². The molecule has 0 radical (unpaired) electrons. The molecule has 0 bridgehead atoms. The molecule has 0 aliphatic heterocycles. The second-order valence-corrected chi connectivity index (χ2v) is 5.19. The summed E-state index contributed by atoms with van der Waals surface area (Å²) in [5.41, 5.74) is 5.82. The average Bonchev–Trinajstić information content (AvgIpc) is 2.34. The van der Waals surface area contributed by atoms with Crippen LogP contribution in [0.5, 0.6) is 0 Å². The van der Waals surface area contributed by atoms with Crippen molar-refractivity contribution in [2.24, 2.45) is 16.8 Å². The van der Waals surface area contributed by atoms with Crippen molar-refractivity contribution in [3.8, 4) is 0 Å². The number of amidine groups is 1. The number of nitrogens with zero attached hydrogens (tertiary/aromatic N) is 1. The molecule has 0 saturated carbocycles. The van der Waals surface area contributed by atoms with Gasteiger partial charge in [0.15, 0.2) is 5.84 Å². The predicted molar refractivity (Wildman–Crippen MR) is 76.0 cm³/mol. The number of amides is 1. The number of oxime groups is 1. The maximum absolute atomic E-state index is 12.1. The van der Waals surface area contributed by atoms with Gasteiger partial charge in [-0.2, -0.15) is 0 Å². The summed E-state index contributed by atoms with van der Waals surface area (Å²) in [7, 11) is 0. The summed E-state index contributed by atoms with van der Waals surface area (Å²) in [6, 6.07) is 3.98. The Morgan fingerprint density at radius 3 is 2.53 bits per heavy atom. The van der Waals surface area contributed by atoms with Crippen molar-refractivity contribution in [3.05, 3.63) is 33.8 Å². The molecule has 4 N–H and O–H groups in total. The van der Waals surface area contributed by atoms with Gasteiger partial charge in [0.1, 0.15) is 0 Å². The first-order valence-electron chi connectivity index (χ1n) is 5.60. The largest absolute Gasteiger partial charge is 0.409 e. The van der Waals surface area contributed by atoms with Crippen LogP contribution >= 0.6 is 23.2 Å². The first-order chi connectivity index (χ1) is 8.86. The summed E-state index contributed by atoms with van der Waals surface area (Å²) < 4.78 is 0. The van der Waals surface area contributed by atoms with Crippen LogP contribution in [0.4, 0.5) is 0 Å². The molecule has 5 nitrogen and oxygen atoms in total. The Bertz CT molecular complexity index is 504. The van der Waals surface area contributed by atoms with E-state index in [0.29, 0.717) is 5.02 Å². The molecule has 19 heavy (non-hydrogen) atoms. The lowest BCUT2D eigenvalue weighted by Crippen LogP contribution is -2.47. The van der Waals surface area contributed by atoms with Crippen molar-refractivity contribution in [3.63, 3.8) is 0 Å². The van der Waals surface area contributed by atoms with E-state index < -0.39 is 11.9 Å². The highest BCUT2D eigenvalue weighted by Gasteiger charge is 2.22. The highest BCUT2D eigenvalue weighted by molar-refractivity contribution is 6.36. The maximum Gasteiger partial charge on any atom is 0.253 e. The maximum atomic E-state index is 12.1. The Balaban J connectivity index is 2.94. The normalized spacial score (nSPS) is 13.4. The lowest BCUT2D eigenvalue weighted by atomic mass is 10.0. The Kier molecular flexibility index (Phi) is 5.44. The quantitative estimate of drug-likeness (QED) is 0.345. The second-order valence-electron chi connectivity index (χ2n) is 4.34. The van der Waals surface area contributed by atoms with Crippen LogP contribution in [-0.4, -0.2) is 23.0 Å². The van der Waals surface area contributed by atoms with Gasteiger partial charge in [-0.15, -0.1) is 0 Å². The van der Waals surface area contributed by atoms with Crippen molar-refractivity contribution in [1.29, 1.82) is 0 Å². The van der Waals surface area contributed by atoms with Gasteiger partial charge in [-0.1, -0.05) is 42.2 Å². The van der Waals surface area contributed by atoms with E-state index in [1.54, 1.807) is 6.07 Å². The Hall–Kier alpha value is -1.46. The number of hydrogen-bond acceptors (Lipinski definition) is 3. The molecular weight excluding hydrogens is 289 g/mol. The van der Waals surface area contributed by atoms with E-state index in [2.05, 4.69) is 10.5 Å². The van der Waals surface area contributed by atoms with Crippen LogP contribution in [0.15, 0.2) is 23.4 Å². The molecular formula is C12H15Cl2N3O2. The predicted octanol–water partition coefficient (Wildman–Crippen LogP) is 2.49.